The van der Waals surface area contributed by atoms with Crippen molar-refractivity contribution >= 4 is 25.5 Å². The first-order valence-corrected chi connectivity index (χ1v) is 13.1. The zero-order chi connectivity index (χ0) is 24.3. The molecule has 8 nitrogen and oxygen atoms in total. The van der Waals surface area contributed by atoms with Crippen molar-refractivity contribution in [3.8, 4) is 0 Å². The number of rotatable bonds is 8. The van der Waals surface area contributed by atoms with Gasteiger partial charge < -0.3 is 15.7 Å². The molecule has 0 radical (unpaired) electrons. The topological polar surface area (TPSA) is 125 Å². The Bertz CT molecular complexity index is 1180. The molecule has 1 fully saturated rings. The van der Waals surface area contributed by atoms with Crippen molar-refractivity contribution in [1.29, 1.82) is 0 Å². The fourth-order valence-corrected chi connectivity index (χ4v) is 6.36. The SMILES string of the molecule is O=S(=O)(NC1CCNCC1)c1cc(S(=O)(=O)c2ccc(NCCO)cc2)ccc1C(F)(F)F. The predicted octanol–water partition coefficient (Wildman–Crippen LogP) is 1.97. The second kappa shape index (κ2) is 9.97. The number of aliphatic hydroxyl groups is 1. The molecular formula is C20H24F3N3O5S2. The molecule has 0 aliphatic carbocycles. The van der Waals surface area contributed by atoms with E-state index in [1.807, 2.05) is 0 Å². The standard InChI is InChI=1S/C20H24F3N3O5S2/c21-20(22,23)18-6-5-17(13-19(18)33(30,31)26-15-7-9-24-10-8-15)32(28,29)16-3-1-14(2-4-16)25-11-12-27/h1-6,13,15,24-27H,7-12H2. The maximum absolute atomic E-state index is 13.6. The molecule has 0 atom stereocenters. The Balaban J connectivity index is 2.01. The van der Waals surface area contributed by atoms with Crippen molar-refractivity contribution < 1.29 is 35.1 Å². The van der Waals surface area contributed by atoms with Crippen molar-refractivity contribution in [1.82, 2.24) is 10.0 Å². The van der Waals surface area contributed by atoms with Gasteiger partial charge in [-0.05, 0) is 68.4 Å². The summed E-state index contributed by atoms with van der Waals surface area (Å²) >= 11 is 0. The van der Waals surface area contributed by atoms with Crippen molar-refractivity contribution in [2.24, 2.45) is 0 Å². The Morgan fingerprint density at radius 1 is 0.970 bits per heavy atom. The van der Waals surface area contributed by atoms with Crippen LogP contribution in [0, 0.1) is 0 Å². The highest BCUT2D eigenvalue weighted by Gasteiger charge is 2.39. The van der Waals surface area contributed by atoms with Gasteiger partial charge in [0.1, 0.15) is 0 Å². The molecule has 1 aliphatic heterocycles. The highest BCUT2D eigenvalue weighted by Crippen LogP contribution is 2.36. The molecule has 1 aliphatic rings. The second-order valence-electron chi connectivity index (χ2n) is 7.48. The number of anilines is 1. The lowest BCUT2D eigenvalue weighted by atomic mass is 10.1. The minimum absolute atomic E-state index is 0.131. The van der Waals surface area contributed by atoms with Gasteiger partial charge in [0.05, 0.1) is 26.9 Å². The van der Waals surface area contributed by atoms with E-state index >= 15 is 0 Å². The summed E-state index contributed by atoms with van der Waals surface area (Å²) in [6.07, 6.45) is -4.20. The third-order valence-electron chi connectivity index (χ3n) is 5.12. The number of hydrogen-bond donors (Lipinski definition) is 4. The van der Waals surface area contributed by atoms with E-state index in [0.717, 1.165) is 6.07 Å². The van der Waals surface area contributed by atoms with E-state index in [0.29, 0.717) is 43.8 Å². The molecule has 33 heavy (non-hydrogen) atoms. The number of hydrogen-bond acceptors (Lipinski definition) is 7. The highest BCUT2D eigenvalue weighted by molar-refractivity contribution is 7.91. The van der Waals surface area contributed by atoms with Gasteiger partial charge in [-0.2, -0.15) is 13.2 Å². The number of alkyl halides is 3. The Morgan fingerprint density at radius 3 is 2.15 bits per heavy atom. The maximum Gasteiger partial charge on any atom is 0.417 e. The van der Waals surface area contributed by atoms with Crippen LogP contribution in [0.1, 0.15) is 18.4 Å². The van der Waals surface area contributed by atoms with Gasteiger partial charge in [0.2, 0.25) is 19.9 Å². The summed E-state index contributed by atoms with van der Waals surface area (Å²) in [4.78, 5) is -1.92. The third-order valence-corrected chi connectivity index (χ3v) is 8.45. The number of aliphatic hydroxyl groups excluding tert-OH is 1. The summed E-state index contributed by atoms with van der Waals surface area (Å²) in [5.41, 5.74) is -0.906. The zero-order valence-electron chi connectivity index (χ0n) is 17.4. The quantitative estimate of drug-likeness (QED) is 0.431. The number of sulfone groups is 1. The van der Waals surface area contributed by atoms with Crippen LogP contribution in [0.5, 0.6) is 0 Å². The van der Waals surface area contributed by atoms with Crippen molar-refractivity contribution in [2.45, 2.75) is 39.7 Å². The van der Waals surface area contributed by atoms with Crippen LogP contribution in [0.2, 0.25) is 0 Å². The summed E-state index contributed by atoms with van der Waals surface area (Å²) in [6, 6.07) is 6.57. The fraction of sp³-hybridized carbons (Fsp3) is 0.400. The normalized spacial score (nSPS) is 16.0. The molecule has 0 saturated carbocycles. The van der Waals surface area contributed by atoms with Gasteiger partial charge in [0, 0.05) is 18.3 Å². The Kier molecular flexibility index (Phi) is 7.69. The molecule has 4 N–H and O–H groups in total. The molecule has 2 aromatic rings. The minimum atomic E-state index is -5.00. The molecule has 0 aromatic heterocycles. The van der Waals surface area contributed by atoms with Gasteiger partial charge in [-0.3, -0.25) is 0 Å². The van der Waals surface area contributed by atoms with Crippen LogP contribution in [0.15, 0.2) is 57.2 Å². The molecule has 3 rings (SSSR count). The van der Waals surface area contributed by atoms with Gasteiger partial charge in [0.25, 0.3) is 0 Å². The van der Waals surface area contributed by atoms with Crippen molar-refractivity contribution in [3.05, 3.63) is 48.0 Å². The number of piperidine rings is 1. The average Bonchev–Trinajstić information content (AvgIpc) is 2.77. The maximum atomic E-state index is 13.6. The van der Waals surface area contributed by atoms with Crippen LogP contribution in [-0.4, -0.2) is 54.2 Å². The van der Waals surface area contributed by atoms with Gasteiger partial charge in [-0.25, -0.2) is 21.6 Å². The first-order valence-electron chi connectivity index (χ1n) is 10.1. The summed E-state index contributed by atoms with van der Waals surface area (Å²) in [7, 11) is -8.95. The van der Waals surface area contributed by atoms with Crippen molar-refractivity contribution in [3.63, 3.8) is 0 Å². The van der Waals surface area contributed by atoms with Gasteiger partial charge in [0.15, 0.2) is 0 Å². The van der Waals surface area contributed by atoms with Gasteiger partial charge in [-0.1, -0.05) is 0 Å². The third kappa shape index (κ3) is 6.03. The van der Waals surface area contributed by atoms with Crippen LogP contribution in [0.4, 0.5) is 18.9 Å². The number of sulfonamides is 1. The van der Waals surface area contributed by atoms with Crippen molar-refractivity contribution in [2.75, 3.05) is 31.6 Å². The largest absolute Gasteiger partial charge is 0.417 e. The highest BCUT2D eigenvalue weighted by atomic mass is 32.2. The predicted molar refractivity (Wildman–Crippen MR) is 115 cm³/mol. The lowest BCUT2D eigenvalue weighted by Gasteiger charge is -2.24. The molecule has 0 spiro atoms. The summed E-state index contributed by atoms with van der Waals surface area (Å²) in [5.74, 6) is 0. The number of halogens is 3. The van der Waals surface area contributed by atoms with Crippen LogP contribution in [-0.2, 0) is 26.0 Å². The molecule has 1 heterocycles. The monoisotopic (exact) mass is 507 g/mol. The van der Waals surface area contributed by atoms with Gasteiger partial charge in [-0.15, -0.1) is 0 Å². The lowest BCUT2D eigenvalue weighted by Crippen LogP contribution is -2.43. The number of nitrogens with one attached hydrogen (secondary N) is 3. The molecule has 182 valence electrons. The summed E-state index contributed by atoms with van der Waals surface area (Å²) < 4.78 is 94.8. The first kappa shape index (κ1) is 25.4. The zero-order valence-corrected chi connectivity index (χ0v) is 19.0. The number of benzene rings is 2. The van der Waals surface area contributed by atoms with Crippen LogP contribution in [0.3, 0.4) is 0 Å². The van der Waals surface area contributed by atoms with Crippen LogP contribution >= 0.6 is 0 Å². The van der Waals surface area contributed by atoms with E-state index in [4.69, 9.17) is 5.11 Å². The van der Waals surface area contributed by atoms with Gasteiger partial charge >= 0.3 is 6.18 Å². The minimum Gasteiger partial charge on any atom is -0.395 e. The first-order chi connectivity index (χ1) is 15.4. The molecule has 2 aromatic carbocycles. The molecular weight excluding hydrogens is 483 g/mol. The van der Waals surface area contributed by atoms with E-state index in [1.165, 1.54) is 24.3 Å². The van der Waals surface area contributed by atoms with E-state index in [-0.39, 0.29) is 18.0 Å². The second-order valence-corrected chi connectivity index (χ2v) is 11.1. The molecule has 13 heteroatoms. The Morgan fingerprint density at radius 2 is 1.58 bits per heavy atom. The lowest BCUT2D eigenvalue weighted by molar-refractivity contribution is -0.139. The summed E-state index contributed by atoms with van der Waals surface area (Å²) in [5, 5.41) is 14.7. The fourth-order valence-electron chi connectivity index (χ4n) is 3.44. The smallest absolute Gasteiger partial charge is 0.395 e. The Labute approximate surface area is 190 Å². The molecule has 0 bridgehead atoms. The molecule has 0 amide bonds. The Hall–Kier alpha value is -2.19. The van der Waals surface area contributed by atoms with E-state index in [1.54, 1.807) is 0 Å². The van der Waals surface area contributed by atoms with E-state index < -0.39 is 47.4 Å². The van der Waals surface area contributed by atoms with E-state index in [2.05, 4.69) is 15.4 Å². The molecule has 0 unspecified atom stereocenters. The van der Waals surface area contributed by atoms with Crippen LogP contribution < -0.4 is 15.4 Å². The summed E-state index contributed by atoms with van der Waals surface area (Å²) in [6.45, 7) is 1.14. The van der Waals surface area contributed by atoms with Crippen LogP contribution in [0.25, 0.3) is 0 Å². The average molecular weight is 508 g/mol. The molecule has 1 saturated heterocycles. The van der Waals surface area contributed by atoms with E-state index in [9.17, 15) is 30.0 Å².